The van der Waals surface area contributed by atoms with Gasteiger partial charge in [0, 0.05) is 18.7 Å². The number of hydrogen-bond donors (Lipinski definition) is 1. The van der Waals surface area contributed by atoms with Crippen molar-refractivity contribution in [2.24, 2.45) is 5.92 Å². The molecule has 0 radical (unpaired) electrons. The molecule has 0 amide bonds. The molecule has 1 unspecified atom stereocenters. The third-order valence-electron chi connectivity index (χ3n) is 3.69. The fourth-order valence-electron chi connectivity index (χ4n) is 2.82. The zero-order valence-electron chi connectivity index (χ0n) is 11.8. The van der Waals surface area contributed by atoms with Gasteiger partial charge in [0.05, 0.1) is 0 Å². The van der Waals surface area contributed by atoms with Gasteiger partial charge in [-0.3, -0.25) is 4.90 Å². The maximum absolute atomic E-state index is 13.7. The second-order valence-corrected chi connectivity index (χ2v) is 5.40. The first kappa shape index (κ1) is 16.4. The van der Waals surface area contributed by atoms with Gasteiger partial charge in [-0.1, -0.05) is 17.7 Å². The van der Waals surface area contributed by atoms with Crippen LogP contribution in [0.5, 0.6) is 0 Å². The lowest BCUT2D eigenvalue weighted by Crippen LogP contribution is -2.38. The van der Waals surface area contributed by atoms with Crippen molar-refractivity contribution in [3.63, 3.8) is 0 Å². The number of rotatable bonds is 4. The Balaban J connectivity index is 0.00000180. The summed E-state index contributed by atoms with van der Waals surface area (Å²) < 4.78 is 13.7. The number of halogens is 2. The van der Waals surface area contributed by atoms with Crippen molar-refractivity contribution >= 4 is 12.4 Å². The average Bonchev–Trinajstić information content (AvgIpc) is 2.35. The van der Waals surface area contributed by atoms with Crippen molar-refractivity contribution < 1.29 is 4.39 Å². The predicted molar refractivity (Wildman–Crippen MR) is 80.3 cm³/mol. The van der Waals surface area contributed by atoms with Gasteiger partial charge in [-0.05, 0) is 51.9 Å². The molecule has 0 saturated carbocycles. The maximum atomic E-state index is 13.7. The second kappa shape index (κ2) is 7.83. The zero-order valence-corrected chi connectivity index (χ0v) is 12.6. The van der Waals surface area contributed by atoms with Crippen molar-refractivity contribution in [1.29, 1.82) is 0 Å². The Morgan fingerprint density at radius 2 is 2.21 bits per heavy atom. The van der Waals surface area contributed by atoms with Gasteiger partial charge in [-0.25, -0.2) is 4.39 Å². The van der Waals surface area contributed by atoms with E-state index in [4.69, 9.17) is 0 Å². The van der Waals surface area contributed by atoms with E-state index >= 15 is 0 Å². The van der Waals surface area contributed by atoms with Crippen LogP contribution in [0.25, 0.3) is 0 Å². The van der Waals surface area contributed by atoms with E-state index in [1.165, 1.54) is 12.8 Å². The van der Waals surface area contributed by atoms with Gasteiger partial charge in [0.2, 0.25) is 0 Å². The van der Waals surface area contributed by atoms with Crippen LogP contribution in [0.2, 0.25) is 0 Å². The number of hydrogen-bond acceptors (Lipinski definition) is 2. The van der Waals surface area contributed by atoms with Crippen molar-refractivity contribution in [3.8, 4) is 0 Å². The smallest absolute Gasteiger partial charge is 0.127 e. The zero-order chi connectivity index (χ0) is 13.0. The van der Waals surface area contributed by atoms with E-state index < -0.39 is 0 Å². The lowest BCUT2D eigenvalue weighted by Gasteiger charge is -2.32. The normalized spacial score (nSPS) is 20.1. The molecule has 2 rings (SSSR count). The SMILES string of the molecule is CNCC1CCCN(Cc2cc(C)ccc2F)C1.Cl. The molecule has 2 nitrogen and oxygen atoms in total. The van der Waals surface area contributed by atoms with Gasteiger partial charge in [-0.15, -0.1) is 12.4 Å². The first-order valence-electron chi connectivity index (χ1n) is 6.81. The highest BCUT2D eigenvalue weighted by Gasteiger charge is 2.20. The highest BCUT2D eigenvalue weighted by molar-refractivity contribution is 5.85. The third-order valence-corrected chi connectivity index (χ3v) is 3.69. The number of likely N-dealkylation sites (tertiary alicyclic amines) is 1. The fourth-order valence-corrected chi connectivity index (χ4v) is 2.82. The molecule has 1 saturated heterocycles. The van der Waals surface area contributed by atoms with E-state index in [1.54, 1.807) is 6.07 Å². The van der Waals surface area contributed by atoms with Crippen LogP contribution >= 0.6 is 12.4 Å². The molecular weight excluding hydrogens is 263 g/mol. The Hall–Kier alpha value is -0.640. The molecule has 0 spiro atoms. The van der Waals surface area contributed by atoms with Crippen molar-refractivity contribution in [3.05, 3.63) is 35.1 Å². The summed E-state index contributed by atoms with van der Waals surface area (Å²) in [5.41, 5.74) is 1.97. The Kier molecular flexibility index (Phi) is 6.76. The van der Waals surface area contributed by atoms with Crippen LogP contribution in [-0.4, -0.2) is 31.6 Å². The van der Waals surface area contributed by atoms with Gasteiger partial charge in [0.25, 0.3) is 0 Å². The lowest BCUT2D eigenvalue weighted by atomic mass is 9.97. The van der Waals surface area contributed by atoms with E-state index in [9.17, 15) is 4.39 Å². The third kappa shape index (κ3) is 4.75. The molecule has 1 atom stereocenters. The van der Waals surface area contributed by atoms with Crippen molar-refractivity contribution in [2.75, 3.05) is 26.7 Å². The minimum Gasteiger partial charge on any atom is -0.319 e. The summed E-state index contributed by atoms with van der Waals surface area (Å²) in [6.45, 7) is 5.99. The average molecular weight is 287 g/mol. The van der Waals surface area contributed by atoms with Gasteiger partial charge in [0.1, 0.15) is 5.82 Å². The number of piperidine rings is 1. The minimum absolute atomic E-state index is 0. The Bertz CT molecular complexity index is 396. The summed E-state index contributed by atoms with van der Waals surface area (Å²) in [6.07, 6.45) is 2.51. The molecule has 0 aliphatic carbocycles. The molecule has 108 valence electrons. The molecule has 1 aromatic carbocycles. The highest BCUT2D eigenvalue weighted by Crippen LogP contribution is 2.19. The molecular formula is C15H24ClFN2. The summed E-state index contributed by atoms with van der Waals surface area (Å²) in [5.74, 6) is 0.632. The van der Waals surface area contributed by atoms with Crippen LogP contribution in [0.1, 0.15) is 24.0 Å². The molecule has 1 fully saturated rings. The lowest BCUT2D eigenvalue weighted by molar-refractivity contribution is 0.165. The van der Waals surface area contributed by atoms with Gasteiger partial charge < -0.3 is 5.32 Å². The number of nitrogens with zero attached hydrogens (tertiary/aromatic N) is 1. The van der Waals surface area contributed by atoms with Crippen LogP contribution in [0.15, 0.2) is 18.2 Å². The predicted octanol–water partition coefficient (Wildman–Crippen LogP) is 2.99. The maximum Gasteiger partial charge on any atom is 0.127 e. The quantitative estimate of drug-likeness (QED) is 0.915. The Labute approximate surface area is 121 Å². The van der Waals surface area contributed by atoms with Crippen LogP contribution < -0.4 is 5.32 Å². The van der Waals surface area contributed by atoms with E-state index in [-0.39, 0.29) is 18.2 Å². The van der Waals surface area contributed by atoms with Crippen LogP contribution in [0.3, 0.4) is 0 Å². The first-order valence-corrected chi connectivity index (χ1v) is 6.81. The summed E-state index contributed by atoms with van der Waals surface area (Å²) in [5, 5.41) is 3.24. The summed E-state index contributed by atoms with van der Waals surface area (Å²) in [4.78, 5) is 2.38. The summed E-state index contributed by atoms with van der Waals surface area (Å²) >= 11 is 0. The van der Waals surface area contributed by atoms with Crippen LogP contribution in [0, 0.1) is 18.7 Å². The van der Waals surface area contributed by atoms with Gasteiger partial charge in [-0.2, -0.15) is 0 Å². The van der Waals surface area contributed by atoms with Gasteiger partial charge >= 0.3 is 0 Å². The first-order chi connectivity index (χ1) is 8.69. The van der Waals surface area contributed by atoms with E-state index in [1.807, 2.05) is 26.1 Å². The van der Waals surface area contributed by atoms with Gasteiger partial charge in [0.15, 0.2) is 0 Å². The molecule has 0 aromatic heterocycles. The number of nitrogens with one attached hydrogen (secondary N) is 1. The van der Waals surface area contributed by atoms with Crippen molar-refractivity contribution in [2.45, 2.75) is 26.3 Å². The molecule has 4 heteroatoms. The summed E-state index contributed by atoms with van der Waals surface area (Å²) in [6, 6.07) is 5.38. The molecule has 1 aliphatic rings. The molecule has 1 aliphatic heterocycles. The number of aryl methyl sites for hydroxylation is 1. The van der Waals surface area contributed by atoms with Crippen LogP contribution in [0.4, 0.5) is 4.39 Å². The van der Waals surface area contributed by atoms with E-state index in [2.05, 4.69) is 10.2 Å². The highest BCUT2D eigenvalue weighted by atomic mass is 35.5. The Morgan fingerprint density at radius 3 is 2.95 bits per heavy atom. The van der Waals surface area contributed by atoms with E-state index in [0.717, 1.165) is 37.3 Å². The molecule has 1 aromatic rings. The topological polar surface area (TPSA) is 15.3 Å². The number of benzene rings is 1. The minimum atomic E-state index is -0.0728. The Morgan fingerprint density at radius 1 is 1.42 bits per heavy atom. The monoisotopic (exact) mass is 286 g/mol. The van der Waals surface area contributed by atoms with Crippen LogP contribution in [-0.2, 0) is 6.54 Å². The second-order valence-electron chi connectivity index (χ2n) is 5.40. The molecule has 19 heavy (non-hydrogen) atoms. The molecule has 1 N–H and O–H groups in total. The fraction of sp³-hybridized carbons (Fsp3) is 0.600. The molecule has 0 bridgehead atoms. The summed E-state index contributed by atoms with van der Waals surface area (Å²) in [7, 11) is 2.00. The standard InChI is InChI=1S/C15H23FN2.ClH/c1-12-5-6-15(16)14(8-12)11-18-7-3-4-13(10-18)9-17-2;/h5-6,8,13,17H,3-4,7,9-11H2,1-2H3;1H. The van der Waals surface area contributed by atoms with E-state index in [0.29, 0.717) is 5.92 Å². The van der Waals surface area contributed by atoms with Crippen molar-refractivity contribution in [1.82, 2.24) is 10.2 Å². The largest absolute Gasteiger partial charge is 0.319 e. The molecule has 1 heterocycles.